The first kappa shape index (κ1) is 14.9. The second kappa shape index (κ2) is 7.34. The normalized spacial score (nSPS) is 22.4. The minimum absolute atomic E-state index is 0.161. The summed E-state index contributed by atoms with van der Waals surface area (Å²) in [7, 11) is 0. The van der Waals surface area contributed by atoms with Gasteiger partial charge in [0.05, 0.1) is 18.3 Å². The molecule has 0 spiro atoms. The Labute approximate surface area is 105 Å². The van der Waals surface area contributed by atoms with Crippen LogP contribution in [0.25, 0.3) is 0 Å². The summed E-state index contributed by atoms with van der Waals surface area (Å²) in [6.45, 7) is 7.04. The third-order valence-corrected chi connectivity index (χ3v) is 3.58. The van der Waals surface area contributed by atoms with Crippen molar-refractivity contribution in [3.8, 4) is 0 Å². The van der Waals surface area contributed by atoms with E-state index in [0.29, 0.717) is 13.2 Å². The average Bonchev–Trinajstić information content (AvgIpc) is 2.53. The van der Waals surface area contributed by atoms with E-state index in [1.54, 1.807) is 0 Å². The molecule has 0 amide bonds. The van der Waals surface area contributed by atoms with Crippen LogP contribution in [0.5, 0.6) is 0 Å². The number of hydrogen-bond acceptors (Lipinski definition) is 3. The standard InChI is InChI=1S/C14H28O3/c1-4-17-14(9-7-5-6-8-10-14)13(15)11-16-12(2)3/h12-13,15H,4-11H2,1-3H3. The average molecular weight is 244 g/mol. The first-order valence-corrected chi connectivity index (χ1v) is 7.04. The number of ether oxygens (including phenoxy) is 2. The predicted octanol–water partition coefficient (Wildman–Crippen LogP) is 2.90. The molecule has 1 aliphatic rings. The Morgan fingerprint density at radius 2 is 1.71 bits per heavy atom. The monoisotopic (exact) mass is 244 g/mol. The molecule has 1 N–H and O–H groups in total. The summed E-state index contributed by atoms with van der Waals surface area (Å²) >= 11 is 0. The second-order valence-electron chi connectivity index (χ2n) is 5.31. The summed E-state index contributed by atoms with van der Waals surface area (Å²) in [5, 5.41) is 10.4. The summed E-state index contributed by atoms with van der Waals surface area (Å²) < 4.78 is 11.5. The number of rotatable bonds is 6. The van der Waals surface area contributed by atoms with E-state index in [2.05, 4.69) is 0 Å². The van der Waals surface area contributed by atoms with Gasteiger partial charge in [0.15, 0.2) is 0 Å². The number of hydrogen-bond donors (Lipinski definition) is 1. The molecular weight excluding hydrogens is 216 g/mol. The van der Waals surface area contributed by atoms with Crippen molar-refractivity contribution in [2.75, 3.05) is 13.2 Å². The van der Waals surface area contributed by atoms with Crippen LogP contribution >= 0.6 is 0 Å². The minimum Gasteiger partial charge on any atom is -0.388 e. The fourth-order valence-corrected chi connectivity index (χ4v) is 2.62. The zero-order valence-electron chi connectivity index (χ0n) is 11.6. The Hall–Kier alpha value is -0.120. The van der Waals surface area contributed by atoms with Crippen LogP contribution in [0.1, 0.15) is 59.3 Å². The molecule has 0 bridgehead atoms. The van der Waals surface area contributed by atoms with E-state index in [1.165, 1.54) is 12.8 Å². The van der Waals surface area contributed by atoms with Crippen molar-refractivity contribution in [3.63, 3.8) is 0 Å². The molecule has 1 rings (SSSR count). The molecule has 1 fully saturated rings. The Bertz CT molecular complexity index is 196. The summed E-state index contributed by atoms with van der Waals surface area (Å²) in [6.07, 6.45) is 6.40. The summed E-state index contributed by atoms with van der Waals surface area (Å²) in [6, 6.07) is 0. The maximum atomic E-state index is 10.4. The SMILES string of the molecule is CCOC1(C(O)COC(C)C)CCCCCC1. The van der Waals surface area contributed by atoms with E-state index >= 15 is 0 Å². The molecule has 0 saturated heterocycles. The van der Waals surface area contributed by atoms with Crippen molar-refractivity contribution < 1.29 is 14.6 Å². The van der Waals surface area contributed by atoms with Crippen molar-refractivity contribution in [1.29, 1.82) is 0 Å². The van der Waals surface area contributed by atoms with Crippen molar-refractivity contribution in [3.05, 3.63) is 0 Å². The molecule has 0 aromatic carbocycles. The van der Waals surface area contributed by atoms with Crippen LogP contribution in [0, 0.1) is 0 Å². The highest BCUT2D eigenvalue weighted by atomic mass is 16.5. The minimum atomic E-state index is -0.497. The highest BCUT2D eigenvalue weighted by Gasteiger charge is 2.39. The molecule has 1 atom stereocenters. The topological polar surface area (TPSA) is 38.7 Å². The fraction of sp³-hybridized carbons (Fsp3) is 1.00. The highest BCUT2D eigenvalue weighted by Crippen LogP contribution is 2.33. The van der Waals surface area contributed by atoms with Gasteiger partial charge in [-0.3, -0.25) is 0 Å². The van der Waals surface area contributed by atoms with Crippen LogP contribution < -0.4 is 0 Å². The van der Waals surface area contributed by atoms with Crippen LogP contribution in [0.15, 0.2) is 0 Å². The fourth-order valence-electron chi connectivity index (χ4n) is 2.62. The summed E-state index contributed by atoms with van der Waals surface area (Å²) in [4.78, 5) is 0. The first-order chi connectivity index (χ1) is 8.10. The van der Waals surface area contributed by atoms with E-state index in [1.807, 2.05) is 20.8 Å². The zero-order chi connectivity index (χ0) is 12.7. The Kier molecular flexibility index (Phi) is 6.45. The zero-order valence-corrected chi connectivity index (χ0v) is 11.6. The van der Waals surface area contributed by atoms with Gasteiger partial charge in [-0.05, 0) is 33.6 Å². The summed E-state index contributed by atoms with van der Waals surface area (Å²) in [5.41, 5.74) is -0.361. The molecule has 17 heavy (non-hydrogen) atoms. The molecule has 1 saturated carbocycles. The van der Waals surface area contributed by atoms with Crippen LogP contribution in [0.4, 0.5) is 0 Å². The molecular formula is C14H28O3. The van der Waals surface area contributed by atoms with Gasteiger partial charge in [0.2, 0.25) is 0 Å². The van der Waals surface area contributed by atoms with Gasteiger partial charge in [0.1, 0.15) is 6.10 Å². The van der Waals surface area contributed by atoms with Crippen LogP contribution in [-0.4, -0.2) is 36.1 Å². The van der Waals surface area contributed by atoms with Crippen molar-refractivity contribution in [2.45, 2.75) is 77.1 Å². The lowest BCUT2D eigenvalue weighted by Crippen LogP contribution is -2.47. The van der Waals surface area contributed by atoms with Crippen LogP contribution in [-0.2, 0) is 9.47 Å². The lowest BCUT2D eigenvalue weighted by molar-refractivity contribution is -0.153. The highest BCUT2D eigenvalue weighted by molar-refractivity contribution is 4.90. The van der Waals surface area contributed by atoms with E-state index in [4.69, 9.17) is 9.47 Å². The van der Waals surface area contributed by atoms with Gasteiger partial charge < -0.3 is 14.6 Å². The molecule has 0 heterocycles. The molecule has 3 nitrogen and oxygen atoms in total. The van der Waals surface area contributed by atoms with Gasteiger partial charge in [0, 0.05) is 6.61 Å². The smallest absolute Gasteiger partial charge is 0.106 e. The largest absolute Gasteiger partial charge is 0.388 e. The molecule has 0 aliphatic heterocycles. The van der Waals surface area contributed by atoms with Crippen molar-refractivity contribution in [1.82, 2.24) is 0 Å². The first-order valence-electron chi connectivity index (χ1n) is 7.04. The number of aliphatic hydroxyl groups excluding tert-OH is 1. The van der Waals surface area contributed by atoms with Gasteiger partial charge in [0.25, 0.3) is 0 Å². The van der Waals surface area contributed by atoms with Gasteiger partial charge >= 0.3 is 0 Å². The van der Waals surface area contributed by atoms with E-state index in [9.17, 15) is 5.11 Å². The van der Waals surface area contributed by atoms with E-state index in [-0.39, 0.29) is 11.7 Å². The van der Waals surface area contributed by atoms with Crippen molar-refractivity contribution in [2.24, 2.45) is 0 Å². The molecule has 0 aromatic heterocycles. The van der Waals surface area contributed by atoms with Gasteiger partial charge in [-0.1, -0.05) is 25.7 Å². The van der Waals surface area contributed by atoms with Crippen LogP contribution in [0.2, 0.25) is 0 Å². The third kappa shape index (κ3) is 4.57. The summed E-state index contributed by atoms with van der Waals surface area (Å²) in [5.74, 6) is 0. The van der Waals surface area contributed by atoms with E-state index in [0.717, 1.165) is 25.7 Å². The molecule has 3 heteroatoms. The molecule has 1 unspecified atom stereocenters. The Morgan fingerprint density at radius 1 is 1.12 bits per heavy atom. The number of aliphatic hydroxyl groups is 1. The molecule has 0 aromatic rings. The molecule has 1 aliphatic carbocycles. The second-order valence-corrected chi connectivity index (χ2v) is 5.31. The maximum Gasteiger partial charge on any atom is 0.106 e. The maximum absolute atomic E-state index is 10.4. The van der Waals surface area contributed by atoms with Crippen molar-refractivity contribution >= 4 is 0 Å². The molecule has 0 radical (unpaired) electrons. The van der Waals surface area contributed by atoms with E-state index < -0.39 is 6.10 Å². The Balaban J connectivity index is 2.60. The van der Waals surface area contributed by atoms with Crippen LogP contribution in [0.3, 0.4) is 0 Å². The van der Waals surface area contributed by atoms with Gasteiger partial charge in [-0.2, -0.15) is 0 Å². The van der Waals surface area contributed by atoms with Gasteiger partial charge in [-0.15, -0.1) is 0 Å². The quantitative estimate of drug-likeness (QED) is 0.730. The lowest BCUT2D eigenvalue weighted by atomic mass is 9.88. The lowest BCUT2D eigenvalue weighted by Gasteiger charge is -2.37. The van der Waals surface area contributed by atoms with Gasteiger partial charge in [-0.25, -0.2) is 0 Å². The predicted molar refractivity (Wildman–Crippen MR) is 69.2 cm³/mol. The Morgan fingerprint density at radius 3 is 2.18 bits per heavy atom. The molecule has 102 valence electrons. The third-order valence-electron chi connectivity index (χ3n) is 3.58.